The van der Waals surface area contributed by atoms with Crippen LogP contribution in [-0.4, -0.2) is 24.3 Å². The quantitative estimate of drug-likeness (QED) is 0.778. The van der Waals surface area contributed by atoms with Crippen molar-refractivity contribution in [1.82, 2.24) is 5.32 Å². The van der Waals surface area contributed by atoms with Gasteiger partial charge in [0.2, 0.25) is 0 Å². The first kappa shape index (κ1) is 16.0. The topological polar surface area (TPSA) is 21.3 Å². The van der Waals surface area contributed by atoms with Gasteiger partial charge < -0.3 is 10.1 Å². The summed E-state index contributed by atoms with van der Waals surface area (Å²) in [7, 11) is 0. The maximum atomic E-state index is 6.17. The third-order valence-corrected chi connectivity index (χ3v) is 3.99. The van der Waals surface area contributed by atoms with Crippen molar-refractivity contribution >= 4 is 0 Å². The van der Waals surface area contributed by atoms with Crippen LogP contribution in [0.2, 0.25) is 0 Å². The smallest absolute Gasteiger partial charge is 0.0662 e. The van der Waals surface area contributed by atoms with Gasteiger partial charge in [0, 0.05) is 0 Å². The first-order chi connectivity index (χ1) is 8.12. The largest absolute Gasteiger partial charge is 0.369 e. The lowest BCUT2D eigenvalue weighted by atomic mass is 9.81. The zero-order valence-electron chi connectivity index (χ0n) is 13.5. The molecule has 1 heterocycles. The van der Waals surface area contributed by atoms with Crippen molar-refractivity contribution in [2.45, 2.75) is 72.5 Å². The molecule has 2 unspecified atom stereocenters. The van der Waals surface area contributed by atoms with Crippen LogP contribution in [0.1, 0.15) is 61.3 Å². The molecule has 1 aliphatic heterocycles. The van der Waals surface area contributed by atoms with Crippen LogP contribution in [0.15, 0.2) is 0 Å². The molecule has 0 aromatic rings. The van der Waals surface area contributed by atoms with Crippen LogP contribution in [-0.2, 0) is 4.74 Å². The number of ether oxygens (including phenoxy) is 1. The third-order valence-electron chi connectivity index (χ3n) is 3.99. The monoisotopic (exact) mass is 255 g/mol. The van der Waals surface area contributed by atoms with E-state index in [1.54, 1.807) is 0 Å². The van der Waals surface area contributed by atoms with Crippen molar-refractivity contribution in [3.8, 4) is 0 Å². The lowest BCUT2D eigenvalue weighted by molar-refractivity contribution is -0.0762. The highest BCUT2D eigenvalue weighted by molar-refractivity contribution is 4.94. The molecule has 1 fully saturated rings. The minimum absolute atomic E-state index is 0.0375. The minimum atomic E-state index is 0.0375. The Hall–Kier alpha value is -0.0800. The van der Waals surface area contributed by atoms with Gasteiger partial charge in [-0.2, -0.15) is 0 Å². The fraction of sp³-hybridized carbons (Fsp3) is 1.00. The third kappa shape index (κ3) is 4.89. The van der Waals surface area contributed by atoms with Gasteiger partial charge in [-0.25, -0.2) is 0 Å². The second-order valence-corrected chi connectivity index (χ2v) is 7.76. The Labute approximate surface area is 114 Å². The highest BCUT2D eigenvalue weighted by Gasteiger charge is 2.45. The molecule has 2 heteroatoms. The number of hydrogen-bond acceptors (Lipinski definition) is 2. The van der Waals surface area contributed by atoms with Crippen molar-refractivity contribution in [2.75, 3.05) is 13.1 Å². The van der Waals surface area contributed by atoms with Gasteiger partial charge >= 0.3 is 0 Å². The molecule has 0 aromatic heterocycles. The average molecular weight is 255 g/mol. The summed E-state index contributed by atoms with van der Waals surface area (Å²) in [5.74, 6) is 2.15. The summed E-state index contributed by atoms with van der Waals surface area (Å²) in [6.07, 6.45) is 2.45. The fourth-order valence-electron chi connectivity index (χ4n) is 3.23. The maximum absolute atomic E-state index is 6.17. The molecule has 1 saturated heterocycles. The van der Waals surface area contributed by atoms with E-state index in [4.69, 9.17) is 4.74 Å². The first-order valence-corrected chi connectivity index (χ1v) is 7.53. The molecule has 1 rings (SSSR count). The molecule has 0 bridgehead atoms. The molecule has 1 N–H and O–H groups in total. The lowest BCUT2D eigenvalue weighted by Crippen LogP contribution is -2.32. The fourth-order valence-corrected chi connectivity index (χ4v) is 3.23. The normalized spacial score (nSPS) is 27.7. The van der Waals surface area contributed by atoms with Gasteiger partial charge in [-0.3, -0.25) is 0 Å². The first-order valence-electron chi connectivity index (χ1n) is 7.53. The van der Waals surface area contributed by atoms with Crippen molar-refractivity contribution < 1.29 is 4.74 Å². The lowest BCUT2D eigenvalue weighted by Gasteiger charge is -2.29. The van der Waals surface area contributed by atoms with E-state index in [1.807, 2.05) is 0 Å². The Bertz CT molecular complexity index is 258. The number of nitrogens with one attached hydrogen (secondary N) is 1. The Kier molecular flexibility index (Phi) is 5.25. The summed E-state index contributed by atoms with van der Waals surface area (Å²) in [4.78, 5) is 0. The molecule has 2 nitrogen and oxygen atoms in total. The molecule has 108 valence electrons. The Balaban J connectivity index is 2.37. The summed E-state index contributed by atoms with van der Waals surface area (Å²) in [6, 6.07) is 0. The number of rotatable bonds is 6. The van der Waals surface area contributed by atoms with Crippen LogP contribution in [0.3, 0.4) is 0 Å². The molecule has 0 aliphatic carbocycles. The molecule has 0 amide bonds. The molecule has 18 heavy (non-hydrogen) atoms. The van der Waals surface area contributed by atoms with Gasteiger partial charge in [0.05, 0.1) is 11.2 Å². The van der Waals surface area contributed by atoms with Crippen molar-refractivity contribution in [3.05, 3.63) is 0 Å². The van der Waals surface area contributed by atoms with Gasteiger partial charge in [-0.15, -0.1) is 0 Å². The minimum Gasteiger partial charge on any atom is -0.369 e. The van der Waals surface area contributed by atoms with Gasteiger partial charge in [0.25, 0.3) is 0 Å². The Morgan fingerprint density at radius 3 is 2.17 bits per heavy atom. The molecule has 2 atom stereocenters. The molecular formula is C16H33NO. The Morgan fingerprint density at radius 2 is 1.72 bits per heavy atom. The standard InChI is InChI=1S/C16H33NO/c1-12(2)10-17-11-13(3)8-14-9-15(4,5)18-16(14,6)7/h12-14,17H,8-11H2,1-7H3. The van der Waals surface area contributed by atoms with Gasteiger partial charge in [0.15, 0.2) is 0 Å². The van der Waals surface area contributed by atoms with Crippen molar-refractivity contribution in [1.29, 1.82) is 0 Å². The summed E-state index contributed by atoms with van der Waals surface area (Å²) in [5, 5.41) is 3.57. The predicted octanol–water partition coefficient (Wildman–Crippen LogP) is 3.85. The SMILES string of the molecule is CC(C)CNCC(C)CC1CC(C)(C)OC1(C)C. The summed E-state index contributed by atoms with van der Waals surface area (Å²) in [5.41, 5.74) is 0.0923. The second kappa shape index (κ2) is 5.92. The predicted molar refractivity (Wildman–Crippen MR) is 78.8 cm³/mol. The van der Waals surface area contributed by atoms with Crippen LogP contribution in [0.5, 0.6) is 0 Å². The van der Waals surface area contributed by atoms with Crippen LogP contribution < -0.4 is 5.32 Å². The van der Waals surface area contributed by atoms with Crippen LogP contribution in [0.4, 0.5) is 0 Å². The Morgan fingerprint density at radius 1 is 1.11 bits per heavy atom. The van der Waals surface area contributed by atoms with Gasteiger partial charge in [-0.1, -0.05) is 20.8 Å². The summed E-state index contributed by atoms with van der Waals surface area (Å²) < 4.78 is 6.17. The second-order valence-electron chi connectivity index (χ2n) is 7.76. The van der Waals surface area contributed by atoms with Crippen molar-refractivity contribution in [2.24, 2.45) is 17.8 Å². The van der Waals surface area contributed by atoms with E-state index in [0.29, 0.717) is 5.92 Å². The molecule has 0 radical (unpaired) electrons. The maximum Gasteiger partial charge on any atom is 0.0662 e. The van der Waals surface area contributed by atoms with E-state index in [9.17, 15) is 0 Å². The van der Waals surface area contributed by atoms with Crippen LogP contribution in [0.25, 0.3) is 0 Å². The molecule has 1 aliphatic rings. The van der Waals surface area contributed by atoms with E-state index in [2.05, 4.69) is 53.8 Å². The van der Waals surface area contributed by atoms with Crippen LogP contribution >= 0.6 is 0 Å². The summed E-state index contributed by atoms with van der Waals surface area (Å²) in [6.45, 7) is 18.1. The van der Waals surface area contributed by atoms with E-state index in [-0.39, 0.29) is 11.2 Å². The van der Waals surface area contributed by atoms with E-state index >= 15 is 0 Å². The molecule has 0 spiro atoms. The van der Waals surface area contributed by atoms with E-state index in [0.717, 1.165) is 24.9 Å². The van der Waals surface area contributed by atoms with Crippen LogP contribution in [0, 0.1) is 17.8 Å². The molecular weight excluding hydrogens is 222 g/mol. The summed E-state index contributed by atoms with van der Waals surface area (Å²) >= 11 is 0. The zero-order chi connectivity index (χ0) is 14.0. The number of hydrogen-bond donors (Lipinski definition) is 1. The zero-order valence-corrected chi connectivity index (χ0v) is 13.5. The average Bonchev–Trinajstić information content (AvgIpc) is 2.33. The highest BCUT2D eigenvalue weighted by Crippen LogP contribution is 2.44. The van der Waals surface area contributed by atoms with E-state index in [1.165, 1.54) is 12.8 Å². The van der Waals surface area contributed by atoms with Gasteiger partial charge in [-0.05, 0) is 71.4 Å². The highest BCUT2D eigenvalue weighted by atomic mass is 16.5. The van der Waals surface area contributed by atoms with Gasteiger partial charge in [0.1, 0.15) is 0 Å². The van der Waals surface area contributed by atoms with E-state index < -0.39 is 0 Å². The molecule has 0 aromatic carbocycles. The van der Waals surface area contributed by atoms with Crippen molar-refractivity contribution in [3.63, 3.8) is 0 Å². The molecule has 0 saturated carbocycles.